The standard InChI is InChI=1S/C25H26F3N5O4/c1-13-11-33(12-16(29)24(13)35)19-6-7-30-10-18(19)32-25(36)17-4-2-15(27)23(31-17)21-14(26)3-5-20(22(21)28)37-9-8-34/h2-7,10,13,16,24,34-35H,8-9,11-12,29H2,1H3,(H,32,36). The number of hydrogen-bond acceptors (Lipinski definition) is 8. The van der Waals surface area contributed by atoms with E-state index in [1.165, 1.54) is 12.4 Å². The monoisotopic (exact) mass is 517 g/mol. The van der Waals surface area contributed by atoms with Crippen LogP contribution in [0.2, 0.25) is 0 Å². The van der Waals surface area contributed by atoms with Gasteiger partial charge >= 0.3 is 0 Å². The maximum Gasteiger partial charge on any atom is 0.274 e. The lowest BCUT2D eigenvalue weighted by atomic mass is 9.92. The SMILES string of the molecule is CC1CN(c2ccncc2NC(=O)c2ccc(F)c(-c3c(F)ccc(OCCO)c3F)n2)CC(N)C1O. The molecule has 0 bridgehead atoms. The van der Waals surface area contributed by atoms with E-state index in [1.54, 1.807) is 6.07 Å². The van der Waals surface area contributed by atoms with Gasteiger partial charge in [-0.05, 0) is 30.3 Å². The molecule has 1 aliphatic heterocycles. The average molecular weight is 518 g/mol. The maximum atomic E-state index is 15.0. The van der Waals surface area contributed by atoms with Crippen LogP contribution in [-0.2, 0) is 0 Å². The fourth-order valence-electron chi connectivity index (χ4n) is 4.22. The molecule has 37 heavy (non-hydrogen) atoms. The third-order valence-electron chi connectivity index (χ3n) is 6.07. The molecule has 5 N–H and O–H groups in total. The predicted molar refractivity (Wildman–Crippen MR) is 130 cm³/mol. The van der Waals surface area contributed by atoms with E-state index in [0.29, 0.717) is 24.5 Å². The highest BCUT2D eigenvalue weighted by molar-refractivity contribution is 6.04. The second kappa shape index (κ2) is 11.1. The summed E-state index contributed by atoms with van der Waals surface area (Å²) in [7, 11) is 0. The number of carbonyl (C=O) groups is 1. The van der Waals surface area contributed by atoms with Gasteiger partial charge < -0.3 is 30.9 Å². The Morgan fingerprint density at radius 1 is 1.19 bits per heavy atom. The van der Waals surface area contributed by atoms with Gasteiger partial charge in [-0.15, -0.1) is 0 Å². The molecular weight excluding hydrogens is 491 g/mol. The summed E-state index contributed by atoms with van der Waals surface area (Å²) in [5, 5.41) is 21.7. The molecule has 1 aliphatic rings. The Kier molecular flexibility index (Phi) is 7.91. The lowest BCUT2D eigenvalue weighted by Gasteiger charge is -2.40. The van der Waals surface area contributed by atoms with Crippen LogP contribution in [0.5, 0.6) is 5.75 Å². The number of ether oxygens (including phenoxy) is 1. The van der Waals surface area contributed by atoms with Crippen LogP contribution in [0.25, 0.3) is 11.3 Å². The van der Waals surface area contributed by atoms with E-state index in [-0.39, 0.29) is 18.2 Å². The Morgan fingerprint density at radius 3 is 2.68 bits per heavy atom. The molecule has 0 aliphatic carbocycles. The van der Waals surface area contributed by atoms with Crippen molar-refractivity contribution >= 4 is 17.3 Å². The molecule has 1 aromatic carbocycles. The number of nitrogens with one attached hydrogen (secondary N) is 1. The van der Waals surface area contributed by atoms with Crippen molar-refractivity contribution in [2.45, 2.75) is 19.1 Å². The van der Waals surface area contributed by atoms with Crippen molar-refractivity contribution in [3.8, 4) is 17.0 Å². The van der Waals surface area contributed by atoms with Gasteiger partial charge in [0.1, 0.15) is 29.6 Å². The summed E-state index contributed by atoms with van der Waals surface area (Å²) in [6.07, 6.45) is 2.30. The molecule has 3 unspecified atom stereocenters. The Morgan fingerprint density at radius 2 is 1.95 bits per heavy atom. The third kappa shape index (κ3) is 5.50. The number of halogens is 3. The molecule has 1 amide bonds. The van der Waals surface area contributed by atoms with Gasteiger partial charge in [-0.1, -0.05) is 6.92 Å². The highest BCUT2D eigenvalue weighted by Crippen LogP contribution is 2.33. The molecule has 3 aromatic rings. The number of benzene rings is 1. The second-order valence-corrected chi connectivity index (χ2v) is 8.72. The molecule has 3 atom stereocenters. The Hall–Kier alpha value is -3.74. The summed E-state index contributed by atoms with van der Waals surface area (Å²) in [5.41, 5.74) is 5.16. The van der Waals surface area contributed by atoms with Crippen LogP contribution in [-0.4, -0.2) is 64.5 Å². The first-order chi connectivity index (χ1) is 17.7. The van der Waals surface area contributed by atoms with Crippen LogP contribution in [0.1, 0.15) is 17.4 Å². The molecule has 0 saturated carbocycles. The van der Waals surface area contributed by atoms with Crippen LogP contribution in [0.15, 0.2) is 42.7 Å². The van der Waals surface area contributed by atoms with Crippen LogP contribution in [0.3, 0.4) is 0 Å². The molecule has 0 radical (unpaired) electrons. The molecule has 2 aromatic heterocycles. The maximum absolute atomic E-state index is 15.0. The number of aliphatic hydroxyl groups excluding tert-OH is 2. The average Bonchev–Trinajstić information content (AvgIpc) is 2.88. The van der Waals surface area contributed by atoms with Gasteiger partial charge in [0.15, 0.2) is 11.6 Å². The summed E-state index contributed by atoms with van der Waals surface area (Å²) in [4.78, 5) is 22.9. The number of piperidine rings is 1. The largest absolute Gasteiger partial charge is 0.488 e. The van der Waals surface area contributed by atoms with Crippen molar-refractivity contribution in [1.29, 1.82) is 0 Å². The van der Waals surface area contributed by atoms with Gasteiger partial charge in [0, 0.05) is 31.2 Å². The van der Waals surface area contributed by atoms with Crippen molar-refractivity contribution in [2.75, 3.05) is 36.5 Å². The van der Waals surface area contributed by atoms with Crippen molar-refractivity contribution in [2.24, 2.45) is 11.7 Å². The highest BCUT2D eigenvalue weighted by Gasteiger charge is 2.32. The number of pyridine rings is 2. The number of nitrogens with zero attached hydrogens (tertiary/aromatic N) is 3. The first-order valence-corrected chi connectivity index (χ1v) is 11.5. The zero-order valence-corrected chi connectivity index (χ0v) is 19.9. The van der Waals surface area contributed by atoms with Crippen molar-refractivity contribution in [1.82, 2.24) is 9.97 Å². The first-order valence-electron chi connectivity index (χ1n) is 11.5. The number of nitrogens with two attached hydrogens (primary N) is 1. The molecule has 196 valence electrons. The molecule has 12 heteroatoms. The smallest absolute Gasteiger partial charge is 0.274 e. The van der Waals surface area contributed by atoms with Gasteiger partial charge in [-0.2, -0.15) is 0 Å². The lowest BCUT2D eigenvalue weighted by molar-refractivity contribution is 0.0785. The number of rotatable bonds is 7. The minimum Gasteiger partial charge on any atom is -0.488 e. The third-order valence-corrected chi connectivity index (χ3v) is 6.07. The van der Waals surface area contributed by atoms with E-state index in [2.05, 4.69) is 15.3 Å². The van der Waals surface area contributed by atoms with Crippen molar-refractivity contribution in [3.63, 3.8) is 0 Å². The number of anilines is 2. The van der Waals surface area contributed by atoms with E-state index in [1.807, 2.05) is 11.8 Å². The van der Waals surface area contributed by atoms with E-state index in [4.69, 9.17) is 15.6 Å². The number of aliphatic hydroxyl groups is 2. The zero-order chi connectivity index (χ0) is 26.7. The van der Waals surface area contributed by atoms with Crippen LogP contribution >= 0.6 is 0 Å². The fourth-order valence-corrected chi connectivity index (χ4v) is 4.22. The van der Waals surface area contributed by atoms with Crippen molar-refractivity contribution in [3.05, 3.63) is 65.9 Å². The zero-order valence-electron chi connectivity index (χ0n) is 19.9. The van der Waals surface area contributed by atoms with Gasteiger partial charge in [-0.3, -0.25) is 9.78 Å². The Labute approximate surface area is 210 Å². The highest BCUT2D eigenvalue weighted by atomic mass is 19.1. The predicted octanol–water partition coefficient (Wildman–Crippen LogP) is 2.33. The minimum absolute atomic E-state index is 0.122. The van der Waals surface area contributed by atoms with Crippen LogP contribution < -0.4 is 20.7 Å². The number of aromatic nitrogens is 2. The molecular formula is C25H26F3N5O4. The van der Waals surface area contributed by atoms with Crippen LogP contribution in [0.4, 0.5) is 24.5 Å². The summed E-state index contributed by atoms with van der Waals surface area (Å²) >= 11 is 0. The lowest BCUT2D eigenvalue weighted by Crippen LogP contribution is -2.55. The molecule has 1 saturated heterocycles. The molecule has 0 spiro atoms. The summed E-state index contributed by atoms with van der Waals surface area (Å²) in [5.74, 6) is -4.66. The van der Waals surface area contributed by atoms with E-state index in [9.17, 15) is 23.1 Å². The fraction of sp³-hybridized carbons (Fsp3) is 0.320. The van der Waals surface area contributed by atoms with E-state index < -0.39 is 59.1 Å². The molecule has 4 rings (SSSR count). The van der Waals surface area contributed by atoms with Gasteiger partial charge in [0.05, 0.1) is 35.8 Å². The van der Waals surface area contributed by atoms with Gasteiger partial charge in [-0.25, -0.2) is 18.2 Å². The summed E-state index contributed by atoms with van der Waals surface area (Å²) in [6, 6.07) is 5.04. The van der Waals surface area contributed by atoms with E-state index in [0.717, 1.165) is 24.3 Å². The minimum atomic E-state index is -1.22. The quantitative estimate of drug-likeness (QED) is 0.375. The topological polar surface area (TPSA) is 134 Å². The second-order valence-electron chi connectivity index (χ2n) is 8.72. The summed E-state index contributed by atoms with van der Waals surface area (Å²) < 4.78 is 49.2. The summed E-state index contributed by atoms with van der Waals surface area (Å²) in [6.45, 7) is 2.02. The van der Waals surface area contributed by atoms with Crippen molar-refractivity contribution < 1.29 is 32.9 Å². The van der Waals surface area contributed by atoms with Crippen LogP contribution in [0, 0.1) is 23.4 Å². The van der Waals surface area contributed by atoms with Gasteiger partial charge in [0.2, 0.25) is 0 Å². The number of amides is 1. The Balaban J connectivity index is 1.64. The molecule has 1 fully saturated rings. The Bertz CT molecular complexity index is 1280. The normalized spacial score (nSPS) is 19.5. The first kappa shape index (κ1) is 26.3. The molecule has 3 heterocycles. The van der Waals surface area contributed by atoms with E-state index >= 15 is 0 Å². The van der Waals surface area contributed by atoms with Gasteiger partial charge in [0.25, 0.3) is 5.91 Å². The number of carbonyl (C=O) groups excluding carboxylic acids is 1. The number of hydrogen-bond donors (Lipinski definition) is 4. The molecule has 9 nitrogen and oxygen atoms in total.